The third-order valence-electron chi connectivity index (χ3n) is 3.50. The molecule has 2 rings (SSSR count). The molecule has 0 aliphatic heterocycles. The van der Waals surface area contributed by atoms with E-state index in [0.29, 0.717) is 17.5 Å². The van der Waals surface area contributed by atoms with Crippen LogP contribution in [0.15, 0.2) is 35.1 Å². The van der Waals surface area contributed by atoms with Gasteiger partial charge in [0.15, 0.2) is 0 Å². The number of aromatic nitrogens is 1. The van der Waals surface area contributed by atoms with E-state index < -0.39 is 31.0 Å². The molecule has 0 fully saturated rings. The number of H-pyrrole nitrogens is 1. The van der Waals surface area contributed by atoms with Crippen LogP contribution in [0.25, 0.3) is 10.9 Å². The van der Waals surface area contributed by atoms with Crippen LogP contribution in [0.4, 0.5) is 5.69 Å². The summed E-state index contributed by atoms with van der Waals surface area (Å²) in [6, 6.07) is 6.75. The van der Waals surface area contributed by atoms with Crippen molar-refractivity contribution in [1.82, 2.24) is 4.98 Å². The fraction of sp³-hybridized carbons (Fsp3) is 0.333. The molecule has 2 aromatic rings. The molecule has 1 aromatic carbocycles. The summed E-state index contributed by atoms with van der Waals surface area (Å²) in [4.78, 5) is 25.1. The molecule has 8 heteroatoms. The van der Waals surface area contributed by atoms with Gasteiger partial charge >= 0.3 is 0 Å². The van der Waals surface area contributed by atoms with Gasteiger partial charge in [-0.25, -0.2) is 0 Å². The largest absolute Gasteiger partial charge is 0.394 e. The van der Waals surface area contributed by atoms with Crippen molar-refractivity contribution in [2.75, 3.05) is 11.9 Å². The van der Waals surface area contributed by atoms with Gasteiger partial charge in [0.1, 0.15) is 30.6 Å². The third-order valence-corrected chi connectivity index (χ3v) is 3.50. The lowest BCUT2D eigenvalue weighted by molar-refractivity contribution is -0.117. The Balaban J connectivity index is 2.21. The molecule has 1 heterocycles. The maximum atomic E-state index is 11.3. The number of anilines is 1. The lowest BCUT2D eigenvalue weighted by Crippen LogP contribution is -2.49. The van der Waals surface area contributed by atoms with Crippen molar-refractivity contribution < 1.29 is 25.2 Å². The Bertz CT molecular complexity index is 731. The van der Waals surface area contributed by atoms with Crippen molar-refractivity contribution in [2.45, 2.75) is 24.4 Å². The van der Waals surface area contributed by atoms with Gasteiger partial charge in [-0.3, -0.25) is 4.79 Å². The van der Waals surface area contributed by atoms with Crippen molar-refractivity contribution in [2.24, 2.45) is 0 Å². The lowest BCUT2D eigenvalue weighted by Gasteiger charge is -2.26. The van der Waals surface area contributed by atoms with Crippen molar-refractivity contribution in [3.63, 3.8) is 0 Å². The zero-order valence-electron chi connectivity index (χ0n) is 12.1. The second kappa shape index (κ2) is 7.34. The molecule has 8 nitrogen and oxygen atoms in total. The normalized spacial score (nSPS) is 16.5. The summed E-state index contributed by atoms with van der Waals surface area (Å²) in [5.74, 6) is 0. The van der Waals surface area contributed by atoms with Crippen LogP contribution in [-0.4, -0.2) is 62.7 Å². The lowest BCUT2D eigenvalue weighted by atomic mass is 10.0. The zero-order valence-corrected chi connectivity index (χ0v) is 12.1. The first-order chi connectivity index (χ1) is 11.0. The Kier molecular flexibility index (Phi) is 5.45. The van der Waals surface area contributed by atoms with Crippen LogP contribution in [0.5, 0.6) is 0 Å². The summed E-state index contributed by atoms with van der Waals surface area (Å²) in [6.07, 6.45) is -4.50. The Morgan fingerprint density at radius 3 is 2.48 bits per heavy atom. The van der Waals surface area contributed by atoms with E-state index in [1.165, 1.54) is 6.07 Å². The van der Waals surface area contributed by atoms with E-state index in [4.69, 9.17) is 5.11 Å². The van der Waals surface area contributed by atoms with Gasteiger partial charge in [0.05, 0.1) is 12.1 Å². The van der Waals surface area contributed by atoms with Crippen molar-refractivity contribution in [3.8, 4) is 0 Å². The molecular formula is C15H18N2O6. The van der Waals surface area contributed by atoms with Crippen molar-refractivity contribution >= 4 is 22.9 Å². The second-order valence-electron chi connectivity index (χ2n) is 5.16. The molecule has 124 valence electrons. The van der Waals surface area contributed by atoms with E-state index >= 15 is 0 Å². The number of hydrogen-bond donors (Lipinski definition) is 6. The van der Waals surface area contributed by atoms with Gasteiger partial charge in [-0.15, -0.1) is 0 Å². The first-order valence-corrected chi connectivity index (χ1v) is 6.96. The van der Waals surface area contributed by atoms with Crippen molar-refractivity contribution in [3.05, 3.63) is 40.7 Å². The maximum absolute atomic E-state index is 11.3. The second-order valence-corrected chi connectivity index (χ2v) is 5.16. The number of fused-ring (bicyclic) bond motifs is 1. The van der Waals surface area contributed by atoms with Crippen LogP contribution in [-0.2, 0) is 4.79 Å². The average molecular weight is 322 g/mol. The fourth-order valence-electron chi connectivity index (χ4n) is 2.18. The van der Waals surface area contributed by atoms with E-state index in [-0.39, 0.29) is 5.56 Å². The van der Waals surface area contributed by atoms with Crippen LogP contribution in [0.1, 0.15) is 0 Å². The number of benzene rings is 1. The van der Waals surface area contributed by atoms with Crippen LogP contribution >= 0.6 is 0 Å². The minimum absolute atomic E-state index is 0.275. The molecule has 4 atom stereocenters. The monoisotopic (exact) mass is 322 g/mol. The maximum Gasteiger partial charge on any atom is 0.248 e. The minimum Gasteiger partial charge on any atom is -0.394 e. The molecule has 0 saturated carbocycles. The summed E-state index contributed by atoms with van der Waals surface area (Å²) >= 11 is 0. The first-order valence-electron chi connectivity index (χ1n) is 6.96. The first kappa shape index (κ1) is 17.1. The van der Waals surface area contributed by atoms with Gasteiger partial charge in [-0.2, -0.15) is 0 Å². The number of aliphatic hydroxyl groups excluding tert-OH is 4. The predicted octanol–water partition coefficient (Wildman–Crippen LogP) is -1.42. The molecule has 0 radical (unpaired) electrons. The van der Waals surface area contributed by atoms with E-state index in [1.807, 2.05) is 0 Å². The molecule has 0 aliphatic carbocycles. The highest BCUT2D eigenvalue weighted by atomic mass is 16.4. The Morgan fingerprint density at radius 2 is 1.83 bits per heavy atom. The number of carbonyl (C=O) groups is 1. The van der Waals surface area contributed by atoms with Crippen LogP contribution in [0.3, 0.4) is 0 Å². The molecule has 6 N–H and O–H groups in total. The van der Waals surface area contributed by atoms with Gasteiger partial charge in [0, 0.05) is 11.8 Å². The summed E-state index contributed by atoms with van der Waals surface area (Å²) in [7, 11) is 0. The standard InChI is InChI=1S/C15H18N2O6/c18-6-11(14(22)15(23)12(20)7-19)16-9-3-1-8-2-4-13(21)17-10(8)5-9/h1-6,11-12,14-16,19-20,22-23H,7H2,(H,17,21)/t11-,12+,14+,15+/m0/s1. The molecule has 0 bridgehead atoms. The number of aldehydes is 1. The number of pyridine rings is 1. The molecule has 0 unspecified atom stereocenters. The highest BCUT2D eigenvalue weighted by Crippen LogP contribution is 2.18. The Hall–Kier alpha value is -2.26. The predicted molar refractivity (Wildman–Crippen MR) is 83.1 cm³/mol. The summed E-state index contributed by atoms with van der Waals surface area (Å²) < 4.78 is 0. The third kappa shape index (κ3) is 3.93. The molecular weight excluding hydrogens is 304 g/mol. The number of rotatable bonds is 7. The van der Waals surface area contributed by atoms with Crippen molar-refractivity contribution in [1.29, 1.82) is 0 Å². The fourth-order valence-corrected chi connectivity index (χ4v) is 2.18. The van der Waals surface area contributed by atoms with Gasteiger partial charge in [0.25, 0.3) is 0 Å². The topological polar surface area (TPSA) is 143 Å². The van der Waals surface area contributed by atoms with Gasteiger partial charge < -0.3 is 35.5 Å². The quantitative estimate of drug-likeness (QED) is 0.343. The number of aliphatic hydroxyl groups is 4. The Labute approximate surface area is 131 Å². The highest BCUT2D eigenvalue weighted by molar-refractivity contribution is 5.82. The van der Waals surface area contributed by atoms with Crippen LogP contribution < -0.4 is 10.9 Å². The Morgan fingerprint density at radius 1 is 1.13 bits per heavy atom. The number of aromatic amines is 1. The number of hydrogen-bond acceptors (Lipinski definition) is 7. The number of nitrogens with one attached hydrogen (secondary N) is 2. The van der Waals surface area contributed by atoms with Gasteiger partial charge in [0.2, 0.25) is 5.56 Å². The van der Waals surface area contributed by atoms with E-state index in [1.54, 1.807) is 24.3 Å². The van der Waals surface area contributed by atoms with E-state index in [2.05, 4.69) is 10.3 Å². The molecule has 23 heavy (non-hydrogen) atoms. The smallest absolute Gasteiger partial charge is 0.248 e. The number of carbonyl (C=O) groups excluding carboxylic acids is 1. The van der Waals surface area contributed by atoms with Crippen LogP contribution in [0.2, 0.25) is 0 Å². The molecule has 0 saturated heterocycles. The van der Waals surface area contributed by atoms with Gasteiger partial charge in [-0.05, 0) is 23.6 Å². The molecule has 0 amide bonds. The summed E-state index contributed by atoms with van der Waals surface area (Å²) in [5, 5.41) is 41.2. The molecule has 1 aromatic heterocycles. The molecule has 0 spiro atoms. The SMILES string of the molecule is O=C[C@H](Nc1ccc2ccc(=O)[nH]c2c1)[C@@H](O)[C@H](O)[C@H](O)CO. The summed E-state index contributed by atoms with van der Waals surface area (Å²) in [6.45, 7) is -0.749. The highest BCUT2D eigenvalue weighted by Gasteiger charge is 2.31. The zero-order chi connectivity index (χ0) is 17.0. The average Bonchev–Trinajstić information content (AvgIpc) is 2.57. The van der Waals surface area contributed by atoms with E-state index in [9.17, 15) is 24.9 Å². The van der Waals surface area contributed by atoms with Gasteiger partial charge in [-0.1, -0.05) is 6.07 Å². The van der Waals surface area contributed by atoms with E-state index in [0.717, 1.165) is 5.39 Å². The molecule has 0 aliphatic rings. The minimum atomic E-state index is -1.69. The summed E-state index contributed by atoms with van der Waals surface area (Å²) in [5.41, 5.74) is 0.696. The van der Waals surface area contributed by atoms with Crippen LogP contribution in [0, 0.1) is 0 Å².